The number of nitrogens with one attached hydrogen (secondary N) is 1. The topological polar surface area (TPSA) is 97.4 Å². The highest BCUT2D eigenvalue weighted by Gasteiger charge is 2.52. The minimum Gasteiger partial charge on any atom is -0.467 e. The molecular weight excluding hydrogens is 426 g/mol. The van der Waals surface area contributed by atoms with E-state index >= 15 is 0 Å². The molecule has 1 aromatic carbocycles. The van der Waals surface area contributed by atoms with Crippen LogP contribution in [-0.2, 0) is 25.5 Å². The summed E-state index contributed by atoms with van der Waals surface area (Å²) in [5.74, 6) is -0.622. The number of amides is 2. The maximum Gasteiger partial charge on any atom is 0.430 e. The molecule has 1 aromatic rings. The van der Waals surface area contributed by atoms with Crippen molar-refractivity contribution >= 4 is 18.2 Å². The Labute approximate surface area is 196 Å². The van der Waals surface area contributed by atoms with E-state index in [1.165, 1.54) is 7.11 Å². The van der Waals surface area contributed by atoms with Crippen LogP contribution in [-0.4, -0.2) is 65.0 Å². The summed E-state index contributed by atoms with van der Waals surface area (Å²) in [5, 5.41) is 0.956. The van der Waals surface area contributed by atoms with Crippen molar-refractivity contribution < 1.29 is 28.6 Å². The molecule has 9 nitrogen and oxygen atoms in total. The third kappa shape index (κ3) is 7.63. The summed E-state index contributed by atoms with van der Waals surface area (Å²) in [4.78, 5) is 41.0. The van der Waals surface area contributed by atoms with Gasteiger partial charge in [0.25, 0.3) is 0 Å². The third-order valence-electron chi connectivity index (χ3n) is 5.10. The van der Waals surface area contributed by atoms with Gasteiger partial charge in [-0.3, -0.25) is 4.90 Å². The highest BCUT2D eigenvalue weighted by atomic mass is 16.6. The number of hydrogen-bond donors (Lipinski definition) is 1. The molecule has 1 aliphatic rings. The Morgan fingerprint density at radius 1 is 0.970 bits per heavy atom. The first-order valence-corrected chi connectivity index (χ1v) is 11.1. The van der Waals surface area contributed by atoms with Gasteiger partial charge in [-0.15, -0.1) is 0 Å². The van der Waals surface area contributed by atoms with Crippen LogP contribution in [0.5, 0.6) is 0 Å². The summed E-state index contributed by atoms with van der Waals surface area (Å²) in [7, 11) is 1.27. The van der Waals surface area contributed by atoms with Gasteiger partial charge >= 0.3 is 18.2 Å². The molecule has 0 saturated carbocycles. The van der Waals surface area contributed by atoms with Crippen LogP contribution in [0.3, 0.4) is 0 Å². The van der Waals surface area contributed by atoms with Crippen molar-refractivity contribution in [2.24, 2.45) is 0 Å². The van der Waals surface area contributed by atoms with Gasteiger partial charge in [-0.05, 0) is 59.9 Å². The molecule has 2 amide bonds. The Bertz CT molecular complexity index is 821. The van der Waals surface area contributed by atoms with E-state index in [4.69, 9.17) is 14.2 Å². The zero-order valence-electron chi connectivity index (χ0n) is 20.8. The lowest BCUT2D eigenvalue weighted by atomic mass is 9.86. The van der Waals surface area contributed by atoms with Gasteiger partial charge in [0.15, 0.2) is 5.54 Å². The number of methoxy groups -OCH3 is 1. The number of rotatable bonds is 4. The number of likely N-dealkylation sites (tertiary alicyclic amines) is 1. The molecule has 1 N–H and O–H groups in total. The first-order valence-electron chi connectivity index (χ1n) is 11.1. The summed E-state index contributed by atoms with van der Waals surface area (Å²) in [6, 6.07) is 10.0. The number of hydrazine groups is 1. The van der Waals surface area contributed by atoms with Crippen molar-refractivity contribution in [1.82, 2.24) is 15.3 Å². The second-order valence-corrected chi connectivity index (χ2v) is 10.2. The van der Waals surface area contributed by atoms with Crippen LogP contribution in [0.15, 0.2) is 30.3 Å². The average Bonchev–Trinajstić information content (AvgIpc) is 2.70. The number of ether oxygens (including phenoxy) is 3. The van der Waals surface area contributed by atoms with Gasteiger partial charge in [-0.2, -0.15) is 5.01 Å². The quantitative estimate of drug-likeness (QED) is 0.411. The molecule has 1 heterocycles. The van der Waals surface area contributed by atoms with E-state index in [1.54, 1.807) is 41.5 Å². The number of nitrogens with zero attached hydrogens (tertiary/aromatic N) is 2. The van der Waals surface area contributed by atoms with Crippen LogP contribution >= 0.6 is 0 Å². The van der Waals surface area contributed by atoms with Crippen molar-refractivity contribution in [3.63, 3.8) is 0 Å². The third-order valence-corrected chi connectivity index (χ3v) is 5.10. The Balaban J connectivity index is 2.30. The Hall–Kier alpha value is -2.81. The van der Waals surface area contributed by atoms with Crippen LogP contribution < -0.4 is 5.43 Å². The normalized spacial score (nSPS) is 16.5. The molecule has 0 unspecified atom stereocenters. The van der Waals surface area contributed by atoms with Gasteiger partial charge in [0.2, 0.25) is 0 Å². The van der Waals surface area contributed by atoms with Crippen LogP contribution in [0.4, 0.5) is 9.59 Å². The van der Waals surface area contributed by atoms with E-state index in [0.29, 0.717) is 19.6 Å². The van der Waals surface area contributed by atoms with Crippen molar-refractivity contribution in [3.8, 4) is 0 Å². The molecule has 0 atom stereocenters. The monoisotopic (exact) mass is 463 g/mol. The predicted molar refractivity (Wildman–Crippen MR) is 123 cm³/mol. The van der Waals surface area contributed by atoms with E-state index in [-0.39, 0.29) is 12.8 Å². The molecule has 9 heteroatoms. The molecular formula is C24H37N3O6. The molecule has 0 bridgehead atoms. The molecule has 0 radical (unpaired) electrons. The van der Waals surface area contributed by atoms with Crippen molar-refractivity contribution in [2.75, 3.05) is 20.2 Å². The Kier molecular flexibility index (Phi) is 8.35. The molecule has 0 aliphatic carbocycles. The van der Waals surface area contributed by atoms with Crippen LogP contribution in [0.1, 0.15) is 59.9 Å². The molecule has 1 saturated heterocycles. The second kappa shape index (κ2) is 10.4. The smallest absolute Gasteiger partial charge is 0.430 e. The Morgan fingerprint density at radius 2 is 1.52 bits per heavy atom. The van der Waals surface area contributed by atoms with Crippen LogP contribution in [0, 0.1) is 0 Å². The van der Waals surface area contributed by atoms with Gasteiger partial charge in [0.1, 0.15) is 11.2 Å². The molecule has 33 heavy (non-hydrogen) atoms. The fourth-order valence-corrected chi connectivity index (χ4v) is 3.66. The number of benzene rings is 1. The summed E-state index contributed by atoms with van der Waals surface area (Å²) in [5.41, 5.74) is 0.559. The van der Waals surface area contributed by atoms with Crippen molar-refractivity contribution in [3.05, 3.63) is 35.9 Å². The van der Waals surface area contributed by atoms with E-state index < -0.39 is 34.9 Å². The van der Waals surface area contributed by atoms with E-state index in [9.17, 15) is 14.4 Å². The molecule has 184 valence electrons. The fraction of sp³-hybridized carbons (Fsp3) is 0.625. The SMILES string of the molecule is COC(=O)C1(N(NC(=O)OC(C)(C)C)C(=O)OC(C)(C)C)CCN(Cc2ccccc2)CC1. The zero-order valence-corrected chi connectivity index (χ0v) is 20.8. The van der Waals surface area contributed by atoms with Gasteiger partial charge in [0, 0.05) is 19.6 Å². The lowest BCUT2D eigenvalue weighted by molar-refractivity contribution is -0.161. The van der Waals surface area contributed by atoms with Crippen LogP contribution in [0.2, 0.25) is 0 Å². The molecule has 0 spiro atoms. The van der Waals surface area contributed by atoms with Gasteiger partial charge in [0.05, 0.1) is 7.11 Å². The van der Waals surface area contributed by atoms with Crippen molar-refractivity contribution in [2.45, 2.75) is 77.7 Å². The van der Waals surface area contributed by atoms with Gasteiger partial charge in [-0.1, -0.05) is 30.3 Å². The summed E-state index contributed by atoms with van der Waals surface area (Å²) < 4.78 is 15.9. The molecule has 1 fully saturated rings. The lowest BCUT2D eigenvalue weighted by Crippen LogP contribution is -2.67. The summed E-state index contributed by atoms with van der Waals surface area (Å²) in [6.07, 6.45) is -1.21. The zero-order chi connectivity index (χ0) is 24.9. The largest absolute Gasteiger partial charge is 0.467 e. The number of carbonyl (C=O) groups excluding carboxylic acids is 3. The molecule has 1 aliphatic heterocycles. The highest BCUT2D eigenvalue weighted by Crippen LogP contribution is 2.32. The summed E-state index contributed by atoms with van der Waals surface area (Å²) >= 11 is 0. The van der Waals surface area contributed by atoms with Crippen molar-refractivity contribution in [1.29, 1.82) is 0 Å². The second-order valence-electron chi connectivity index (χ2n) is 10.2. The minimum atomic E-state index is -1.43. The maximum atomic E-state index is 13.2. The number of esters is 1. The number of piperidine rings is 1. The van der Waals surface area contributed by atoms with Crippen LogP contribution in [0.25, 0.3) is 0 Å². The lowest BCUT2D eigenvalue weighted by Gasteiger charge is -2.45. The standard InChI is InChI=1S/C24H37N3O6/c1-22(2,3)32-20(29)25-27(21(30)33-23(4,5)6)24(19(28)31-7)13-15-26(16-14-24)17-18-11-9-8-10-12-18/h8-12H,13-17H2,1-7H3,(H,25,29). The first kappa shape index (κ1) is 26.4. The van der Waals surface area contributed by atoms with E-state index in [1.807, 2.05) is 30.3 Å². The minimum absolute atomic E-state index is 0.252. The fourth-order valence-electron chi connectivity index (χ4n) is 3.66. The number of carbonyl (C=O) groups is 3. The first-order chi connectivity index (χ1) is 15.3. The molecule has 0 aromatic heterocycles. The summed E-state index contributed by atoms with van der Waals surface area (Å²) in [6.45, 7) is 12.0. The van der Waals surface area contributed by atoms with E-state index in [0.717, 1.165) is 10.6 Å². The molecule has 2 rings (SSSR count). The highest BCUT2D eigenvalue weighted by molar-refractivity contribution is 5.87. The maximum absolute atomic E-state index is 13.2. The predicted octanol–water partition coefficient (Wildman–Crippen LogP) is 3.87. The van der Waals surface area contributed by atoms with Gasteiger partial charge < -0.3 is 14.2 Å². The van der Waals surface area contributed by atoms with Gasteiger partial charge in [-0.25, -0.2) is 19.8 Å². The Morgan fingerprint density at radius 3 is 2.00 bits per heavy atom. The van der Waals surface area contributed by atoms with E-state index in [2.05, 4.69) is 10.3 Å². The average molecular weight is 464 g/mol. The number of hydrogen-bond acceptors (Lipinski definition) is 7.